The number of nitrogens with zero attached hydrogens (tertiary/aromatic N) is 3. The highest BCUT2D eigenvalue weighted by Gasteiger charge is 2.13. The number of thioether (sulfide) groups is 1. The van der Waals surface area contributed by atoms with Crippen LogP contribution in [0.2, 0.25) is 5.02 Å². The van der Waals surface area contributed by atoms with Crippen LogP contribution in [-0.2, 0) is 11.3 Å². The summed E-state index contributed by atoms with van der Waals surface area (Å²) in [5, 5.41) is 9.23. The first-order chi connectivity index (χ1) is 12.0. The molecule has 0 aliphatic heterocycles. The molecule has 0 spiro atoms. The Balaban J connectivity index is 1.62. The van der Waals surface area contributed by atoms with Gasteiger partial charge in [0.1, 0.15) is 0 Å². The lowest BCUT2D eigenvalue weighted by atomic mass is 10.3. The fraction of sp³-hybridized carbons (Fsp3) is 0.188. The number of rotatable bonds is 6. The minimum Gasteiger partial charge on any atom is -0.341 e. The second-order valence-electron chi connectivity index (χ2n) is 5.19. The molecule has 3 rings (SSSR count). The molecular formula is C16H14ClN3OS4. The van der Waals surface area contributed by atoms with Gasteiger partial charge in [-0.25, -0.2) is 4.68 Å². The molecule has 1 aromatic carbocycles. The van der Waals surface area contributed by atoms with Crippen molar-refractivity contribution in [3.63, 3.8) is 0 Å². The number of hydrogen-bond acceptors (Lipinski definition) is 6. The van der Waals surface area contributed by atoms with Crippen LogP contribution in [0.4, 0.5) is 0 Å². The van der Waals surface area contributed by atoms with E-state index in [2.05, 4.69) is 10.5 Å². The third-order valence-electron chi connectivity index (χ3n) is 3.35. The van der Waals surface area contributed by atoms with Gasteiger partial charge in [0.15, 0.2) is 8.29 Å². The molecule has 130 valence electrons. The molecule has 0 unspecified atom stereocenters. The van der Waals surface area contributed by atoms with Crippen LogP contribution in [0, 0.1) is 3.95 Å². The number of hydrogen-bond donors (Lipinski definition) is 0. The van der Waals surface area contributed by atoms with Crippen LogP contribution in [0.25, 0.3) is 5.69 Å². The zero-order chi connectivity index (χ0) is 17.8. The van der Waals surface area contributed by atoms with Gasteiger partial charge in [0.2, 0.25) is 5.91 Å². The average Bonchev–Trinajstić information content (AvgIpc) is 3.23. The summed E-state index contributed by atoms with van der Waals surface area (Å²) in [7, 11) is 1.81. The SMILES string of the molecule is CN(Cc1ccsc1)C(=O)CSc1nn(-c2ccc(Cl)cc2)c(=S)s1. The zero-order valence-electron chi connectivity index (χ0n) is 13.2. The van der Waals surface area contributed by atoms with E-state index in [1.165, 1.54) is 23.1 Å². The number of aromatic nitrogens is 2. The Kier molecular flexibility index (Phi) is 6.29. The molecule has 0 aliphatic carbocycles. The summed E-state index contributed by atoms with van der Waals surface area (Å²) < 4.78 is 3.11. The summed E-state index contributed by atoms with van der Waals surface area (Å²) in [6.45, 7) is 0.623. The predicted octanol–water partition coefficient (Wildman–Crippen LogP) is 5.13. The number of carbonyl (C=O) groups excluding carboxylic acids is 1. The largest absolute Gasteiger partial charge is 0.341 e. The fourth-order valence-corrected chi connectivity index (χ4v) is 5.13. The number of carbonyl (C=O) groups is 1. The van der Waals surface area contributed by atoms with Crippen molar-refractivity contribution < 1.29 is 4.79 Å². The van der Waals surface area contributed by atoms with Gasteiger partial charge in [0.25, 0.3) is 0 Å². The van der Waals surface area contributed by atoms with E-state index < -0.39 is 0 Å². The first-order valence-electron chi connectivity index (χ1n) is 7.27. The van der Waals surface area contributed by atoms with Crippen LogP contribution in [0.3, 0.4) is 0 Å². The second kappa shape index (κ2) is 8.46. The minimum absolute atomic E-state index is 0.0651. The van der Waals surface area contributed by atoms with Gasteiger partial charge in [-0.05, 0) is 58.9 Å². The molecule has 0 atom stereocenters. The van der Waals surface area contributed by atoms with Crippen LogP contribution in [0.15, 0.2) is 45.4 Å². The van der Waals surface area contributed by atoms with Crippen LogP contribution in [0.1, 0.15) is 5.56 Å². The lowest BCUT2D eigenvalue weighted by molar-refractivity contribution is -0.127. The Morgan fingerprint density at radius 3 is 2.80 bits per heavy atom. The summed E-state index contributed by atoms with van der Waals surface area (Å²) in [4.78, 5) is 14.0. The highest BCUT2D eigenvalue weighted by molar-refractivity contribution is 8.01. The van der Waals surface area contributed by atoms with E-state index in [4.69, 9.17) is 23.8 Å². The summed E-state index contributed by atoms with van der Waals surface area (Å²) in [5.41, 5.74) is 2.01. The maximum Gasteiger partial charge on any atom is 0.233 e. The fourth-order valence-electron chi connectivity index (χ4n) is 2.04. The highest BCUT2D eigenvalue weighted by Crippen LogP contribution is 2.25. The maximum atomic E-state index is 12.3. The Morgan fingerprint density at radius 2 is 2.12 bits per heavy atom. The summed E-state index contributed by atoms with van der Waals surface area (Å²) >= 11 is 15.7. The van der Waals surface area contributed by atoms with Crippen molar-refractivity contribution in [3.8, 4) is 5.69 Å². The Labute approximate surface area is 168 Å². The Hall–Kier alpha value is -1.19. The monoisotopic (exact) mass is 427 g/mol. The van der Waals surface area contributed by atoms with E-state index in [9.17, 15) is 4.79 Å². The molecule has 25 heavy (non-hydrogen) atoms. The summed E-state index contributed by atoms with van der Waals surface area (Å²) in [6.07, 6.45) is 0. The third kappa shape index (κ3) is 4.92. The van der Waals surface area contributed by atoms with Gasteiger partial charge in [0.05, 0.1) is 11.4 Å². The molecule has 0 aliphatic rings. The maximum absolute atomic E-state index is 12.3. The molecule has 2 aromatic heterocycles. The van der Waals surface area contributed by atoms with E-state index in [0.29, 0.717) is 21.3 Å². The Morgan fingerprint density at radius 1 is 1.36 bits per heavy atom. The number of thiophene rings is 1. The molecule has 9 heteroatoms. The quantitative estimate of drug-likeness (QED) is 0.403. The normalized spacial score (nSPS) is 10.8. The predicted molar refractivity (Wildman–Crippen MR) is 109 cm³/mol. The van der Waals surface area contributed by atoms with E-state index in [0.717, 1.165) is 15.6 Å². The van der Waals surface area contributed by atoms with Crippen molar-refractivity contribution in [2.45, 2.75) is 10.9 Å². The molecule has 0 N–H and O–H groups in total. The number of amides is 1. The van der Waals surface area contributed by atoms with Crippen molar-refractivity contribution in [1.29, 1.82) is 0 Å². The van der Waals surface area contributed by atoms with Crippen molar-refractivity contribution in [2.24, 2.45) is 0 Å². The molecule has 0 radical (unpaired) electrons. The lowest BCUT2D eigenvalue weighted by Gasteiger charge is -2.15. The smallest absolute Gasteiger partial charge is 0.233 e. The third-order valence-corrected chi connectivity index (χ3v) is 6.68. The van der Waals surface area contributed by atoms with Gasteiger partial charge in [0, 0.05) is 18.6 Å². The van der Waals surface area contributed by atoms with Crippen molar-refractivity contribution in [1.82, 2.24) is 14.7 Å². The average molecular weight is 428 g/mol. The van der Waals surface area contributed by atoms with E-state index in [1.807, 2.05) is 30.6 Å². The van der Waals surface area contributed by atoms with Gasteiger partial charge in [-0.1, -0.05) is 34.7 Å². The first-order valence-corrected chi connectivity index (χ1v) is 10.8. The molecule has 0 saturated carbocycles. The van der Waals surface area contributed by atoms with Crippen molar-refractivity contribution in [3.05, 3.63) is 55.6 Å². The molecule has 0 bridgehead atoms. The molecule has 1 amide bonds. The van der Waals surface area contributed by atoms with E-state index in [-0.39, 0.29) is 5.91 Å². The summed E-state index contributed by atoms with van der Waals surface area (Å²) in [5.74, 6) is 0.402. The lowest BCUT2D eigenvalue weighted by Crippen LogP contribution is -2.27. The molecular weight excluding hydrogens is 414 g/mol. The molecule has 3 aromatic rings. The van der Waals surface area contributed by atoms with Gasteiger partial charge >= 0.3 is 0 Å². The number of benzene rings is 1. The number of halogens is 1. The van der Waals surface area contributed by atoms with Crippen LogP contribution >= 0.6 is 58.3 Å². The van der Waals surface area contributed by atoms with Gasteiger partial charge in [-0.2, -0.15) is 11.3 Å². The van der Waals surface area contributed by atoms with E-state index in [1.54, 1.807) is 33.1 Å². The highest BCUT2D eigenvalue weighted by atomic mass is 35.5. The molecule has 4 nitrogen and oxygen atoms in total. The van der Waals surface area contributed by atoms with Crippen molar-refractivity contribution in [2.75, 3.05) is 12.8 Å². The van der Waals surface area contributed by atoms with Gasteiger partial charge in [-0.3, -0.25) is 4.79 Å². The van der Waals surface area contributed by atoms with Crippen LogP contribution < -0.4 is 0 Å². The Bertz CT molecular complexity index is 902. The van der Waals surface area contributed by atoms with Gasteiger partial charge < -0.3 is 4.90 Å². The molecule has 0 fully saturated rings. The molecule has 0 saturated heterocycles. The molecule has 2 heterocycles. The van der Waals surface area contributed by atoms with Crippen molar-refractivity contribution >= 4 is 64.2 Å². The first kappa shape index (κ1) is 18.6. The van der Waals surface area contributed by atoms with Crippen LogP contribution in [-0.4, -0.2) is 33.4 Å². The van der Waals surface area contributed by atoms with Crippen LogP contribution in [0.5, 0.6) is 0 Å². The second-order valence-corrected chi connectivity index (χ2v) is 9.25. The van der Waals surface area contributed by atoms with Gasteiger partial charge in [-0.15, -0.1) is 5.10 Å². The standard InChI is InChI=1S/C16H14ClN3OS4/c1-19(8-11-6-7-23-9-11)14(21)10-24-15-18-20(16(22)25-15)13-4-2-12(17)3-5-13/h2-7,9H,8,10H2,1H3. The topological polar surface area (TPSA) is 38.1 Å². The zero-order valence-corrected chi connectivity index (χ0v) is 17.2. The van der Waals surface area contributed by atoms with E-state index >= 15 is 0 Å². The summed E-state index contributed by atoms with van der Waals surface area (Å²) in [6, 6.07) is 9.36. The minimum atomic E-state index is 0.0651.